The molecule has 142 valence electrons. The molecule has 1 amide bonds. The number of amides is 1. The molecule has 1 aromatic carbocycles. The zero-order valence-corrected chi connectivity index (χ0v) is 17.5. The maximum absolute atomic E-state index is 13.2. The Labute approximate surface area is 164 Å². The van der Waals surface area contributed by atoms with Crippen molar-refractivity contribution in [2.45, 2.75) is 46.2 Å². The van der Waals surface area contributed by atoms with Crippen LogP contribution in [0, 0.1) is 27.7 Å². The Bertz CT molecular complexity index is 1010. The van der Waals surface area contributed by atoms with Crippen LogP contribution in [-0.4, -0.2) is 38.3 Å². The normalized spacial score (nSPS) is 11.2. The number of thioether (sulfide) groups is 1. The minimum atomic E-state index is 0.0590. The SMILES string of the molecule is CCN(C(=O)Cc1c(C)nc2nc(SC)nn2c1C)c1cc(C)ccc1C. The summed E-state index contributed by atoms with van der Waals surface area (Å²) in [5, 5.41) is 5.15. The van der Waals surface area contributed by atoms with Gasteiger partial charge in [-0.2, -0.15) is 4.98 Å². The summed E-state index contributed by atoms with van der Waals surface area (Å²) in [5.41, 5.74) is 5.86. The van der Waals surface area contributed by atoms with E-state index in [9.17, 15) is 4.79 Å². The van der Waals surface area contributed by atoms with Gasteiger partial charge in [0.1, 0.15) is 0 Å². The number of hydrogen-bond acceptors (Lipinski definition) is 5. The number of rotatable bonds is 5. The van der Waals surface area contributed by atoms with Gasteiger partial charge in [0.15, 0.2) is 0 Å². The van der Waals surface area contributed by atoms with Crippen molar-refractivity contribution in [2.24, 2.45) is 0 Å². The lowest BCUT2D eigenvalue weighted by Crippen LogP contribution is -2.33. The first-order chi connectivity index (χ1) is 12.8. The van der Waals surface area contributed by atoms with Crippen molar-refractivity contribution in [2.75, 3.05) is 17.7 Å². The highest BCUT2D eigenvalue weighted by molar-refractivity contribution is 7.98. The molecule has 3 aromatic rings. The fourth-order valence-corrected chi connectivity index (χ4v) is 3.61. The average Bonchev–Trinajstić information content (AvgIpc) is 3.05. The van der Waals surface area contributed by atoms with Crippen LogP contribution in [0.1, 0.15) is 35.0 Å². The second-order valence-electron chi connectivity index (χ2n) is 6.68. The van der Waals surface area contributed by atoms with E-state index in [2.05, 4.69) is 33.3 Å². The standard InChI is InChI=1S/C20H25N5OS/c1-7-24(17-10-12(2)8-9-13(17)3)18(26)11-16-14(4)21-19-22-20(27-6)23-25(19)15(16)5/h8-10H,7,11H2,1-6H3. The molecule has 3 rings (SSSR count). The number of benzene rings is 1. The topological polar surface area (TPSA) is 63.4 Å². The molecule has 27 heavy (non-hydrogen) atoms. The van der Waals surface area contributed by atoms with Crippen molar-refractivity contribution in [1.82, 2.24) is 19.6 Å². The van der Waals surface area contributed by atoms with Crippen molar-refractivity contribution in [1.29, 1.82) is 0 Å². The predicted molar refractivity (Wildman–Crippen MR) is 110 cm³/mol. The van der Waals surface area contributed by atoms with E-state index >= 15 is 0 Å². The molecule has 0 saturated heterocycles. The van der Waals surface area contributed by atoms with E-state index in [1.165, 1.54) is 11.8 Å². The minimum Gasteiger partial charge on any atom is -0.312 e. The predicted octanol–water partition coefficient (Wildman–Crippen LogP) is 3.68. The zero-order chi connectivity index (χ0) is 19.7. The maximum Gasteiger partial charge on any atom is 0.253 e. The molecule has 6 nitrogen and oxygen atoms in total. The largest absolute Gasteiger partial charge is 0.312 e. The molecule has 0 aliphatic rings. The Hall–Kier alpha value is -2.41. The van der Waals surface area contributed by atoms with Crippen molar-refractivity contribution >= 4 is 29.1 Å². The van der Waals surface area contributed by atoms with Crippen LogP contribution < -0.4 is 4.90 Å². The number of fused-ring (bicyclic) bond motifs is 1. The molecule has 0 radical (unpaired) electrons. The van der Waals surface area contributed by atoms with E-state index < -0.39 is 0 Å². The minimum absolute atomic E-state index is 0.0590. The first kappa shape index (κ1) is 19.4. The fraction of sp³-hybridized carbons (Fsp3) is 0.400. The third kappa shape index (κ3) is 3.69. The Morgan fingerprint density at radius 3 is 2.59 bits per heavy atom. The van der Waals surface area contributed by atoms with Crippen molar-refractivity contribution < 1.29 is 4.79 Å². The van der Waals surface area contributed by atoms with Gasteiger partial charge in [-0.25, -0.2) is 9.50 Å². The fourth-order valence-electron chi connectivity index (χ4n) is 3.27. The van der Waals surface area contributed by atoms with Gasteiger partial charge < -0.3 is 4.90 Å². The van der Waals surface area contributed by atoms with Crippen LogP contribution in [0.2, 0.25) is 0 Å². The number of hydrogen-bond donors (Lipinski definition) is 0. The van der Waals surface area contributed by atoms with E-state index in [0.717, 1.165) is 33.8 Å². The molecule has 0 saturated carbocycles. The summed E-state index contributed by atoms with van der Waals surface area (Å²) in [5.74, 6) is 0.635. The monoisotopic (exact) mass is 383 g/mol. The summed E-state index contributed by atoms with van der Waals surface area (Å²) >= 11 is 1.48. The van der Waals surface area contributed by atoms with E-state index in [0.29, 0.717) is 17.5 Å². The van der Waals surface area contributed by atoms with Crippen LogP contribution in [0.3, 0.4) is 0 Å². The highest BCUT2D eigenvalue weighted by Gasteiger charge is 2.21. The highest BCUT2D eigenvalue weighted by atomic mass is 32.2. The smallest absolute Gasteiger partial charge is 0.253 e. The first-order valence-corrected chi connectivity index (χ1v) is 10.2. The molecule has 0 N–H and O–H groups in total. The van der Waals surface area contributed by atoms with E-state index in [4.69, 9.17) is 0 Å². The molecule has 7 heteroatoms. The molecular formula is C20H25N5OS. The van der Waals surface area contributed by atoms with Crippen LogP contribution in [-0.2, 0) is 11.2 Å². The summed E-state index contributed by atoms with van der Waals surface area (Å²) in [6.07, 6.45) is 2.22. The molecule has 0 aliphatic heterocycles. The van der Waals surface area contributed by atoms with Gasteiger partial charge in [0.05, 0.1) is 6.42 Å². The maximum atomic E-state index is 13.2. The Morgan fingerprint density at radius 2 is 1.93 bits per heavy atom. The molecule has 0 unspecified atom stereocenters. The second kappa shape index (κ2) is 7.68. The third-order valence-corrected chi connectivity index (χ3v) is 5.35. The molecule has 0 bridgehead atoms. The van der Waals surface area contributed by atoms with Gasteiger partial charge >= 0.3 is 0 Å². The van der Waals surface area contributed by atoms with Crippen molar-refractivity contribution in [3.63, 3.8) is 0 Å². The van der Waals surface area contributed by atoms with Gasteiger partial charge in [-0.15, -0.1) is 5.10 Å². The van der Waals surface area contributed by atoms with Gasteiger partial charge in [0.25, 0.3) is 5.78 Å². The number of aryl methyl sites for hydroxylation is 4. The summed E-state index contributed by atoms with van der Waals surface area (Å²) in [6.45, 7) is 10.6. The number of carbonyl (C=O) groups is 1. The molecule has 2 heterocycles. The van der Waals surface area contributed by atoms with Crippen LogP contribution in [0.5, 0.6) is 0 Å². The Kier molecular flexibility index (Phi) is 5.51. The summed E-state index contributed by atoms with van der Waals surface area (Å²) in [6, 6.07) is 6.20. The van der Waals surface area contributed by atoms with Crippen LogP contribution >= 0.6 is 11.8 Å². The average molecular weight is 384 g/mol. The molecule has 0 aliphatic carbocycles. The Balaban J connectivity index is 1.98. The van der Waals surface area contributed by atoms with Crippen LogP contribution in [0.15, 0.2) is 23.4 Å². The summed E-state index contributed by atoms with van der Waals surface area (Å²) in [4.78, 5) is 24.0. The summed E-state index contributed by atoms with van der Waals surface area (Å²) in [7, 11) is 0. The molecule has 2 aromatic heterocycles. The van der Waals surface area contributed by atoms with E-state index in [1.807, 2.05) is 45.8 Å². The number of likely N-dealkylation sites (N-methyl/N-ethyl adjacent to an activating group) is 1. The quantitative estimate of drug-likeness (QED) is 0.629. The highest BCUT2D eigenvalue weighted by Crippen LogP contribution is 2.24. The molecular weight excluding hydrogens is 358 g/mol. The van der Waals surface area contributed by atoms with Crippen molar-refractivity contribution in [3.8, 4) is 0 Å². The van der Waals surface area contributed by atoms with Gasteiger partial charge in [-0.3, -0.25) is 4.79 Å². The third-order valence-electron chi connectivity index (χ3n) is 4.81. The number of aromatic nitrogens is 4. The summed E-state index contributed by atoms with van der Waals surface area (Å²) < 4.78 is 1.73. The first-order valence-electron chi connectivity index (χ1n) is 9.00. The van der Waals surface area contributed by atoms with Gasteiger partial charge in [0.2, 0.25) is 11.1 Å². The van der Waals surface area contributed by atoms with Crippen LogP contribution in [0.4, 0.5) is 5.69 Å². The lowest BCUT2D eigenvalue weighted by atomic mass is 10.1. The number of nitrogens with zero attached hydrogens (tertiary/aromatic N) is 5. The molecule has 0 atom stereocenters. The Morgan fingerprint density at radius 1 is 1.19 bits per heavy atom. The van der Waals surface area contributed by atoms with Gasteiger partial charge in [-0.1, -0.05) is 23.9 Å². The van der Waals surface area contributed by atoms with Crippen molar-refractivity contribution in [3.05, 3.63) is 46.3 Å². The van der Waals surface area contributed by atoms with E-state index in [1.54, 1.807) is 4.52 Å². The van der Waals surface area contributed by atoms with Gasteiger partial charge in [0, 0.05) is 29.2 Å². The van der Waals surface area contributed by atoms with Crippen LogP contribution in [0.25, 0.3) is 5.78 Å². The molecule has 0 spiro atoms. The number of carbonyl (C=O) groups excluding carboxylic acids is 1. The lowest BCUT2D eigenvalue weighted by molar-refractivity contribution is -0.118. The van der Waals surface area contributed by atoms with E-state index in [-0.39, 0.29) is 12.3 Å². The van der Waals surface area contributed by atoms with Gasteiger partial charge in [-0.05, 0) is 58.1 Å². The number of anilines is 1. The lowest BCUT2D eigenvalue weighted by Gasteiger charge is -2.24. The molecule has 0 fully saturated rings. The zero-order valence-electron chi connectivity index (χ0n) is 16.7. The second-order valence-corrected chi connectivity index (χ2v) is 7.45.